The largest absolute Gasteiger partial charge is 0.444 e. The van der Waals surface area contributed by atoms with Crippen LogP contribution in [0.2, 0.25) is 0 Å². The maximum absolute atomic E-state index is 11.9. The van der Waals surface area contributed by atoms with E-state index in [2.05, 4.69) is 20.7 Å². The van der Waals surface area contributed by atoms with Crippen molar-refractivity contribution in [3.05, 3.63) is 42.4 Å². The van der Waals surface area contributed by atoms with Crippen LogP contribution in [-0.2, 0) is 16.1 Å². The zero-order valence-corrected chi connectivity index (χ0v) is 15.4. The number of pyridine rings is 1. The van der Waals surface area contributed by atoms with Crippen molar-refractivity contribution >= 4 is 17.8 Å². The quantitative estimate of drug-likeness (QED) is 0.741. The van der Waals surface area contributed by atoms with Gasteiger partial charge in [0, 0.05) is 37.6 Å². The lowest BCUT2D eigenvalue weighted by molar-refractivity contribution is -0.116. The summed E-state index contributed by atoms with van der Waals surface area (Å²) in [4.78, 5) is 27.4. The molecule has 2 aromatic heterocycles. The molecule has 26 heavy (non-hydrogen) atoms. The fourth-order valence-electron chi connectivity index (χ4n) is 2.15. The number of carbonyl (C=O) groups is 2. The van der Waals surface area contributed by atoms with Crippen molar-refractivity contribution in [2.45, 2.75) is 45.8 Å². The number of carbonyl (C=O) groups excluding carboxylic acids is 2. The first-order valence-corrected chi connectivity index (χ1v) is 8.51. The monoisotopic (exact) mass is 359 g/mol. The van der Waals surface area contributed by atoms with Gasteiger partial charge in [-0.1, -0.05) is 0 Å². The molecule has 0 aliphatic heterocycles. The number of amides is 2. The van der Waals surface area contributed by atoms with Gasteiger partial charge in [0.25, 0.3) is 0 Å². The summed E-state index contributed by atoms with van der Waals surface area (Å²) < 4.78 is 6.87. The third-order valence-electron chi connectivity index (χ3n) is 3.25. The maximum Gasteiger partial charge on any atom is 0.407 e. The summed E-state index contributed by atoms with van der Waals surface area (Å²) in [7, 11) is 0. The Balaban J connectivity index is 1.68. The second-order valence-corrected chi connectivity index (χ2v) is 6.83. The number of ether oxygens (including phenoxy) is 1. The molecule has 2 amide bonds. The molecule has 8 heteroatoms. The number of nitrogens with one attached hydrogen (secondary N) is 2. The Morgan fingerprint density at radius 3 is 2.62 bits per heavy atom. The average molecular weight is 359 g/mol. The number of aromatic nitrogens is 3. The van der Waals surface area contributed by atoms with Gasteiger partial charge in [0.1, 0.15) is 5.60 Å². The molecule has 0 aliphatic carbocycles. The predicted molar refractivity (Wildman–Crippen MR) is 97.7 cm³/mol. The third kappa shape index (κ3) is 7.33. The Labute approximate surface area is 153 Å². The summed E-state index contributed by atoms with van der Waals surface area (Å²) in [6.07, 6.45) is 5.59. The predicted octanol–water partition coefficient (Wildman–Crippen LogP) is 2.57. The van der Waals surface area contributed by atoms with E-state index >= 15 is 0 Å². The number of nitrogens with zero attached hydrogens (tertiary/aromatic N) is 3. The highest BCUT2D eigenvalue weighted by atomic mass is 16.6. The van der Waals surface area contributed by atoms with E-state index in [4.69, 9.17) is 4.74 Å². The van der Waals surface area contributed by atoms with E-state index in [1.54, 1.807) is 50.1 Å². The smallest absolute Gasteiger partial charge is 0.407 e. The topological polar surface area (TPSA) is 98.1 Å². The van der Waals surface area contributed by atoms with Crippen LogP contribution in [0.15, 0.2) is 36.8 Å². The van der Waals surface area contributed by atoms with Gasteiger partial charge in [0.15, 0.2) is 5.82 Å². The highest BCUT2D eigenvalue weighted by molar-refractivity contribution is 5.89. The second kappa shape index (κ2) is 8.98. The molecule has 2 heterocycles. The molecule has 8 nitrogen and oxygen atoms in total. The Morgan fingerprint density at radius 1 is 1.19 bits per heavy atom. The lowest BCUT2D eigenvalue weighted by Crippen LogP contribution is -2.33. The van der Waals surface area contributed by atoms with Gasteiger partial charge in [-0.2, -0.15) is 5.10 Å². The summed E-state index contributed by atoms with van der Waals surface area (Å²) in [6, 6.07) is 5.58. The fraction of sp³-hybridized carbons (Fsp3) is 0.444. The molecular formula is C18H25N5O3. The number of anilines is 1. The summed E-state index contributed by atoms with van der Waals surface area (Å²) in [6.45, 7) is 6.38. The molecule has 0 aromatic carbocycles. The van der Waals surface area contributed by atoms with Crippen LogP contribution >= 0.6 is 0 Å². The zero-order chi connectivity index (χ0) is 19.0. The summed E-state index contributed by atoms with van der Waals surface area (Å²) in [5.74, 6) is 0.356. The van der Waals surface area contributed by atoms with Gasteiger partial charge in [0.2, 0.25) is 5.91 Å². The van der Waals surface area contributed by atoms with Crippen LogP contribution < -0.4 is 10.6 Å². The first-order valence-electron chi connectivity index (χ1n) is 8.51. The van der Waals surface area contributed by atoms with Crippen molar-refractivity contribution in [3.63, 3.8) is 0 Å². The van der Waals surface area contributed by atoms with E-state index in [0.29, 0.717) is 25.3 Å². The molecule has 2 N–H and O–H groups in total. The molecule has 0 radical (unpaired) electrons. The second-order valence-electron chi connectivity index (χ2n) is 6.83. The van der Waals surface area contributed by atoms with Gasteiger partial charge in [-0.25, -0.2) is 4.79 Å². The standard InChI is InChI=1S/C18H25N5O3/c1-18(2,3)26-17(25)20-9-4-5-16(24)21-15-8-12-23(22-15)13-14-6-10-19-11-7-14/h6-8,10-12H,4-5,9,13H2,1-3H3,(H,20,25)(H,21,22,24). The van der Waals surface area contributed by atoms with Crippen molar-refractivity contribution in [1.82, 2.24) is 20.1 Å². The van der Waals surface area contributed by atoms with Crippen molar-refractivity contribution in [3.8, 4) is 0 Å². The Kier molecular flexibility index (Phi) is 6.71. The Morgan fingerprint density at radius 2 is 1.92 bits per heavy atom. The molecule has 140 valence electrons. The van der Waals surface area contributed by atoms with Crippen LogP contribution in [0.4, 0.5) is 10.6 Å². The van der Waals surface area contributed by atoms with Crippen molar-refractivity contribution in [2.75, 3.05) is 11.9 Å². The minimum Gasteiger partial charge on any atom is -0.444 e. The first kappa shape index (κ1) is 19.4. The van der Waals surface area contributed by atoms with Crippen LogP contribution in [0.25, 0.3) is 0 Å². The molecular weight excluding hydrogens is 334 g/mol. The Bertz CT molecular complexity index is 722. The van der Waals surface area contributed by atoms with Gasteiger partial charge in [-0.15, -0.1) is 0 Å². The number of hydrogen-bond acceptors (Lipinski definition) is 5. The van der Waals surface area contributed by atoms with Crippen LogP contribution in [0, 0.1) is 0 Å². The van der Waals surface area contributed by atoms with E-state index in [1.165, 1.54) is 0 Å². The highest BCUT2D eigenvalue weighted by Crippen LogP contribution is 2.08. The van der Waals surface area contributed by atoms with Crippen LogP contribution in [-0.4, -0.2) is 38.9 Å². The minimum absolute atomic E-state index is 0.148. The van der Waals surface area contributed by atoms with Gasteiger partial charge >= 0.3 is 6.09 Å². The molecule has 0 bridgehead atoms. The van der Waals surface area contributed by atoms with E-state index in [1.807, 2.05) is 12.1 Å². The lowest BCUT2D eigenvalue weighted by Gasteiger charge is -2.19. The molecule has 0 saturated heterocycles. The number of alkyl carbamates (subject to hydrolysis) is 1. The normalized spacial score (nSPS) is 11.0. The van der Waals surface area contributed by atoms with E-state index in [9.17, 15) is 9.59 Å². The molecule has 2 rings (SSSR count). The molecule has 0 aliphatic rings. The van der Waals surface area contributed by atoms with Crippen LogP contribution in [0.3, 0.4) is 0 Å². The lowest BCUT2D eigenvalue weighted by atomic mass is 10.2. The SMILES string of the molecule is CC(C)(C)OC(=O)NCCCC(=O)Nc1ccn(Cc2ccncc2)n1. The summed E-state index contributed by atoms with van der Waals surface area (Å²) in [5.41, 5.74) is 0.547. The molecule has 0 spiro atoms. The van der Waals surface area contributed by atoms with Crippen molar-refractivity contribution in [2.24, 2.45) is 0 Å². The van der Waals surface area contributed by atoms with Gasteiger partial charge < -0.3 is 15.4 Å². The first-order chi connectivity index (χ1) is 12.3. The molecule has 0 atom stereocenters. The van der Waals surface area contributed by atoms with E-state index in [0.717, 1.165) is 5.56 Å². The average Bonchev–Trinajstić information content (AvgIpc) is 2.98. The maximum atomic E-state index is 11.9. The number of rotatable bonds is 7. The van der Waals surface area contributed by atoms with E-state index in [-0.39, 0.29) is 12.3 Å². The molecule has 2 aromatic rings. The summed E-state index contributed by atoms with van der Waals surface area (Å²) >= 11 is 0. The van der Waals surface area contributed by atoms with Crippen molar-refractivity contribution < 1.29 is 14.3 Å². The van der Waals surface area contributed by atoms with Crippen molar-refractivity contribution in [1.29, 1.82) is 0 Å². The van der Waals surface area contributed by atoms with Gasteiger partial charge in [-0.3, -0.25) is 14.5 Å². The minimum atomic E-state index is -0.531. The molecule has 0 saturated carbocycles. The van der Waals surface area contributed by atoms with Crippen LogP contribution in [0.1, 0.15) is 39.2 Å². The highest BCUT2D eigenvalue weighted by Gasteiger charge is 2.15. The zero-order valence-electron chi connectivity index (χ0n) is 15.4. The van der Waals surface area contributed by atoms with Gasteiger partial charge in [0.05, 0.1) is 6.54 Å². The fourth-order valence-corrected chi connectivity index (χ4v) is 2.15. The van der Waals surface area contributed by atoms with E-state index < -0.39 is 11.7 Å². The number of hydrogen-bond donors (Lipinski definition) is 2. The Hall–Kier alpha value is -2.90. The molecule has 0 unspecified atom stereocenters. The third-order valence-corrected chi connectivity index (χ3v) is 3.25. The molecule has 0 fully saturated rings. The van der Waals surface area contributed by atoms with Gasteiger partial charge in [-0.05, 0) is 44.9 Å². The van der Waals surface area contributed by atoms with Crippen LogP contribution in [0.5, 0.6) is 0 Å². The summed E-state index contributed by atoms with van der Waals surface area (Å²) in [5, 5.41) is 9.69.